The molecule has 0 aliphatic carbocycles. The van der Waals surface area contributed by atoms with E-state index in [0.717, 1.165) is 38.5 Å². The molecule has 1 aliphatic rings. The summed E-state index contributed by atoms with van der Waals surface area (Å²) in [6.45, 7) is 3.41. The minimum atomic E-state index is -1.65. The second-order valence-corrected chi connectivity index (χ2v) is 15.4. The third kappa shape index (κ3) is 22.5. The van der Waals surface area contributed by atoms with Crippen molar-refractivity contribution in [2.24, 2.45) is 0 Å². The van der Waals surface area contributed by atoms with Crippen molar-refractivity contribution in [3.05, 3.63) is 0 Å². The van der Waals surface area contributed by atoms with Crippen LogP contribution in [0.15, 0.2) is 0 Å². The molecule has 1 fully saturated rings. The van der Waals surface area contributed by atoms with Crippen LogP contribution >= 0.6 is 0 Å². The number of carbonyl (C=O) groups is 1. The number of rotatable bonds is 35. The molecule has 9 atom stereocenters. The number of aliphatic hydroxyl groups is 7. The van der Waals surface area contributed by atoms with E-state index in [-0.39, 0.29) is 6.42 Å². The van der Waals surface area contributed by atoms with Crippen LogP contribution in [0.3, 0.4) is 0 Å². The third-order valence-corrected chi connectivity index (χ3v) is 10.7. The number of aliphatic hydroxyl groups excluding tert-OH is 7. The molecule has 1 saturated heterocycles. The van der Waals surface area contributed by atoms with Crippen molar-refractivity contribution >= 4 is 5.91 Å². The Hall–Kier alpha value is -0.890. The summed E-state index contributed by atoms with van der Waals surface area (Å²) in [5.74, 6) is -0.696. The molecule has 0 aromatic heterocycles. The maximum absolute atomic E-state index is 13.0. The number of hydrogen-bond acceptors (Lipinski definition) is 10. The fraction of sp³-hybridized carbons (Fsp3) is 0.976. The molecule has 1 rings (SSSR count). The van der Waals surface area contributed by atoms with Gasteiger partial charge in [0.1, 0.15) is 36.6 Å². The normalized spacial score (nSPS) is 23.0. The van der Waals surface area contributed by atoms with Crippen LogP contribution in [0.1, 0.15) is 187 Å². The van der Waals surface area contributed by atoms with Gasteiger partial charge in [0.25, 0.3) is 0 Å². The van der Waals surface area contributed by atoms with Crippen LogP contribution in [0.25, 0.3) is 0 Å². The summed E-state index contributed by atoms with van der Waals surface area (Å²) < 4.78 is 11.0. The van der Waals surface area contributed by atoms with E-state index >= 15 is 0 Å². The highest BCUT2D eigenvalue weighted by atomic mass is 16.7. The molecule has 0 unspecified atom stereocenters. The second kappa shape index (κ2) is 32.4. The van der Waals surface area contributed by atoms with Crippen molar-refractivity contribution in [2.45, 2.75) is 242 Å². The maximum Gasteiger partial charge on any atom is 0.249 e. The first-order valence-corrected chi connectivity index (χ1v) is 21.4. The first-order chi connectivity index (χ1) is 25.2. The standard InChI is InChI=1S/C41H81NO10/c1-3-5-7-9-11-13-15-16-17-19-21-23-25-27-29-34(45)40(50)42-32(31-51-41-39(49)38(48)37(47)35(30-43)52-41)36(46)33(44)28-26-24-22-20-18-14-12-10-8-6-4-2/h32-39,41,43-49H,3-31H2,1-2H3,(H,42,50)/t32-,33+,34+,35+,36-,37+,38-,39+,41-/m0/s1. The van der Waals surface area contributed by atoms with Crippen molar-refractivity contribution in [1.82, 2.24) is 5.32 Å². The molecule has 0 spiro atoms. The van der Waals surface area contributed by atoms with Crippen LogP contribution in [0.4, 0.5) is 0 Å². The quantitative estimate of drug-likeness (QED) is 0.0360. The van der Waals surface area contributed by atoms with Crippen LogP contribution in [0.2, 0.25) is 0 Å². The molecule has 310 valence electrons. The van der Waals surface area contributed by atoms with Crippen molar-refractivity contribution in [3.8, 4) is 0 Å². The number of unbranched alkanes of at least 4 members (excludes halogenated alkanes) is 23. The predicted octanol–water partition coefficient (Wildman–Crippen LogP) is 5.94. The summed E-state index contributed by atoms with van der Waals surface area (Å²) in [4.78, 5) is 13.0. The first kappa shape index (κ1) is 49.1. The van der Waals surface area contributed by atoms with Crippen LogP contribution in [0, 0.1) is 0 Å². The van der Waals surface area contributed by atoms with Gasteiger partial charge in [-0.3, -0.25) is 4.79 Å². The molecule has 1 aliphatic heterocycles. The van der Waals surface area contributed by atoms with E-state index < -0.39 is 74.2 Å². The zero-order chi connectivity index (χ0) is 38.4. The molecule has 52 heavy (non-hydrogen) atoms. The van der Waals surface area contributed by atoms with Gasteiger partial charge in [-0.1, -0.05) is 174 Å². The summed E-state index contributed by atoms with van der Waals surface area (Å²) in [5, 5.41) is 75.4. The number of ether oxygens (including phenoxy) is 2. The molecule has 0 bridgehead atoms. The van der Waals surface area contributed by atoms with E-state index in [1.807, 2.05) is 0 Å². The zero-order valence-corrected chi connectivity index (χ0v) is 33.1. The minimum Gasteiger partial charge on any atom is -0.394 e. The first-order valence-electron chi connectivity index (χ1n) is 21.4. The highest BCUT2D eigenvalue weighted by Gasteiger charge is 2.44. The number of hydrogen-bond donors (Lipinski definition) is 8. The van der Waals surface area contributed by atoms with Gasteiger partial charge in [-0.15, -0.1) is 0 Å². The van der Waals surface area contributed by atoms with E-state index in [1.165, 1.54) is 109 Å². The fourth-order valence-electron chi connectivity index (χ4n) is 7.03. The average Bonchev–Trinajstić information content (AvgIpc) is 3.14. The van der Waals surface area contributed by atoms with Gasteiger partial charge in [0.15, 0.2) is 6.29 Å². The highest BCUT2D eigenvalue weighted by Crippen LogP contribution is 2.23. The van der Waals surface area contributed by atoms with E-state index in [1.54, 1.807) is 0 Å². The average molecular weight is 748 g/mol. The third-order valence-electron chi connectivity index (χ3n) is 10.7. The van der Waals surface area contributed by atoms with Gasteiger partial charge >= 0.3 is 0 Å². The minimum absolute atomic E-state index is 0.265. The topological polar surface area (TPSA) is 189 Å². The molecule has 0 aromatic carbocycles. The van der Waals surface area contributed by atoms with Crippen LogP contribution in [0.5, 0.6) is 0 Å². The lowest BCUT2D eigenvalue weighted by Gasteiger charge is -2.40. The van der Waals surface area contributed by atoms with Crippen LogP contribution in [-0.2, 0) is 14.3 Å². The van der Waals surface area contributed by atoms with Gasteiger partial charge in [0.05, 0.1) is 25.4 Å². The van der Waals surface area contributed by atoms with E-state index in [0.29, 0.717) is 19.3 Å². The van der Waals surface area contributed by atoms with E-state index in [4.69, 9.17) is 9.47 Å². The second-order valence-electron chi connectivity index (χ2n) is 15.4. The van der Waals surface area contributed by atoms with Crippen molar-refractivity contribution in [2.75, 3.05) is 13.2 Å². The SMILES string of the molecule is CCCCCCCCCCCCCCCC[C@@H](O)C(=O)N[C@@H](CO[C@H]1O[C@H](CO)[C@@H](O)[C@H](O)[C@H]1O)[C@H](O)[C@H](O)CCCCCCCCCCCCC. The Morgan fingerprint density at radius 1 is 0.596 bits per heavy atom. The Morgan fingerprint density at radius 3 is 1.42 bits per heavy atom. The Labute approximate surface area is 316 Å². The lowest BCUT2D eigenvalue weighted by atomic mass is 9.98. The Balaban J connectivity index is 2.50. The van der Waals surface area contributed by atoms with Crippen molar-refractivity contribution in [1.29, 1.82) is 0 Å². The number of amides is 1. The fourth-order valence-corrected chi connectivity index (χ4v) is 7.03. The van der Waals surface area contributed by atoms with Gasteiger partial charge < -0.3 is 50.5 Å². The maximum atomic E-state index is 13.0. The molecular formula is C41H81NO10. The van der Waals surface area contributed by atoms with Crippen molar-refractivity contribution in [3.63, 3.8) is 0 Å². The Morgan fingerprint density at radius 2 is 1.00 bits per heavy atom. The molecule has 11 heteroatoms. The smallest absolute Gasteiger partial charge is 0.249 e. The van der Waals surface area contributed by atoms with Crippen molar-refractivity contribution < 1.29 is 50.0 Å². The number of nitrogens with one attached hydrogen (secondary N) is 1. The van der Waals surface area contributed by atoms with Gasteiger partial charge in [0, 0.05) is 0 Å². The summed E-state index contributed by atoms with van der Waals surface area (Å²) >= 11 is 0. The van der Waals surface area contributed by atoms with Gasteiger partial charge in [0.2, 0.25) is 5.91 Å². The molecule has 11 nitrogen and oxygen atoms in total. The molecule has 1 heterocycles. The summed E-state index contributed by atoms with van der Waals surface area (Å²) in [5.41, 5.74) is 0. The van der Waals surface area contributed by atoms with Gasteiger partial charge in [-0.25, -0.2) is 0 Å². The molecule has 0 radical (unpaired) electrons. The highest BCUT2D eigenvalue weighted by molar-refractivity contribution is 5.80. The summed E-state index contributed by atoms with van der Waals surface area (Å²) in [7, 11) is 0. The number of carbonyl (C=O) groups excluding carboxylic acids is 1. The molecule has 1 amide bonds. The lowest BCUT2D eigenvalue weighted by molar-refractivity contribution is -0.303. The van der Waals surface area contributed by atoms with Crippen LogP contribution < -0.4 is 5.32 Å². The van der Waals surface area contributed by atoms with Gasteiger partial charge in [-0.2, -0.15) is 0 Å². The Kier molecular flexibility index (Phi) is 30.6. The molecule has 0 saturated carbocycles. The summed E-state index contributed by atoms with van der Waals surface area (Å²) in [6, 6.07) is -1.16. The lowest BCUT2D eigenvalue weighted by Crippen LogP contribution is -2.60. The monoisotopic (exact) mass is 748 g/mol. The Bertz CT molecular complexity index is 820. The van der Waals surface area contributed by atoms with Gasteiger partial charge in [-0.05, 0) is 12.8 Å². The van der Waals surface area contributed by atoms with Crippen LogP contribution in [-0.4, -0.2) is 110 Å². The zero-order valence-electron chi connectivity index (χ0n) is 33.1. The molecule has 0 aromatic rings. The molecule has 8 N–H and O–H groups in total. The summed E-state index contributed by atoms with van der Waals surface area (Å²) in [6.07, 6.45) is 18.7. The van der Waals surface area contributed by atoms with E-state index in [9.17, 15) is 40.5 Å². The molecular weight excluding hydrogens is 666 g/mol. The van der Waals surface area contributed by atoms with E-state index in [2.05, 4.69) is 19.2 Å². The largest absolute Gasteiger partial charge is 0.394 e. The predicted molar refractivity (Wildman–Crippen MR) is 206 cm³/mol.